The van der Waals surface area contributed by atoms with Crippen LogP contribution < -0.4 is 11.1 Å². The minimum absolute atomic E-state index is 0.0653. The summed E-state index contributed by atoms with van der Waals surface area (Å²) in [6.45, 7) is 9.63. The monoisotopic (exact) mass is 241 g/mol. The van der Waals surface area contributed by atoms with E-state index in [2.05, 4.69) is 31.0 Å². The number of rotatable bonds is 5. The van der Waals surface area contributed by atoms with Crippen LogP contribution in [0.5, 0.6) is 0 Å². The van der Waals surface area contributed by atoms with Gasteiger partial charge in [0.05, 0.1) is 0 Å². The Balaban J connectivity index is 2.68. The number of nitrogens with zero attached hydrogens (tertiary/aromatic N) is 1. The van der Waals surface area contributed by atoms with E-state index in [4.69, 9.17) is 5.73 Å². The molecular weight excluding hydrogens is 214 g/mol. The Labute approximate surface area is 105 Å². The number of likely N-dealkylation sites (tertiary alicyclic amines) is 1. The van der Waals surface area contributed by atoms with E-state index in [-0.39, 0.29) is 11.4 Å². The third-order valence-electron chi connectivity index (χ3n) is 3.77. The highest BCUT2D eigenvalue weighted by Crippen LogP contribution is 2.26. The second-order valence-electron chi connectivity index (χ2n) is 5.44. The fourth-order valence-electron chi connectivity index (χ4n) is 2.86. The minimum atomic E-state index is -0.191. The zero-order valence-corrected chi connectivity index (χ0v) is 11.5. The molecule has 1 rings (SSSR count). The lowest BCUT2D eigenvalue weighted by atomic mass is 9.86. The number of carbonyl (C=O) groups is 1. The number of hydrogen-bond acceptors (Lipinski definition) is 3. The molecule has 1 atom stereocenters. The van der Waals surface area contributed by atoms with E-state index < -0.39 is 0 Å². The van der Waals surface area contributed by atoms with Gasteiger partial charge in [-0.1, -0.05) is 6.92 Å². The highest BCUT2D eigenvalue weighted by molar-refractivity contribution is 5.75. The molecular formula is C13H27N3O. The van der Waals surface area contributed by atoms with E-state index in [1.54, 1.807) is 0 Å². The molecule has 1 saturated heterocycles. The molecule has 1 heterocycles. The lowest BCUT2D eigenvalue weighted by molar-refractivity contribution is -0.119. The molecule has 17 heavy (non-hydrogen) atoms. The van der Waals surface area contributed by atoms with Crippen LogP contribution in [0, 0.1) is 0 Å². The second kappa shape index (κ2) is 6.36. The van der Waals surface area contributed by atoms with E-state index in [1.807, 2.05) is 0 Å². The Morgan fingerprint density at radius 2 is 2.12 bits per heavy atom. The standard InChI is InChI=1S/C13H27N3O/c1-4-15-13(10-12(14)17)6-5-8-16(9-7-13)11(2)3/h11,15H,4-10H2,1-3H3,(H2,14,17). The lowest BCUT2D eigenvalue weighted by Gasteiger charge is -2.33. The molecule has 1 unspecified atom stereocenters. The van der Waals surface area contributed by atoms with Crippen LogP contribution in [0.1, 0.15) is 46.5 Å². The molecule has 4 heteroatoms. The Morgan fingerprint density at radius 3 is 2.65 bits per heavy atom. The second-order valence-corrected chi connectivity index (χ2v) is 5.44. The normalized spacial score (nSPS) is 27.1. The quantitative estimate of drug-likeness (QED) is 0.758. The first kappa shape index (κ1) is 14.5. The van der Waals surface area contributed by atoms with Crippen molar-refractivity contribution in [2.45, 2.75) is 58.0 Å². The summed E-state index contributed by atoms with van der Waals surface area (Å²) in [6.07, 6.45) is 3.67. The van der Waals surface area contributed by atoms with Crippen LogP contribution in [-0.4, -0.2) is 42.0 Å². The highest BCUT2D eigenvalue weighted by Gasteiger charge is 2.33. The van der Waals surface area contributed by atoms with Crippen molar-refractivity contribution in [3.8, 4) is 0 Å². The van der Waals surface area contributed by atoms with Crippen molar-refractivity contribution in [3.63, 3.8) is 0 Å². The smallest absolute Gasteiger partial charge is 0.219 e. The van der Waals surface area contributed by atoms with Crippen molar-refractivity contribution in [3.05, 3.63) is 0 Å². The number of primary amides is 1. The summed E-state index contributed by atoms with van der Waals surface area (Å²) in [6, 6.07) is 0.584. The van der Waals surface area contributed by atoms with Gasteiger partial charge in [-0.2, -0.15) is 0 Å². The first-order valence-corrected chi connectivity index (χ1v) is 6.76. The first-order valence-electron chi connectivity index (χ1n) is 6.76. The van der Waals surface area contributed by atoms with Crippen LogP contribution in [0.3, 0.4) is 0 Å². The number of nitrogens with one attached hydrogen (secondary N) is 1. The van der Waals surface area contributed by atoms with Crippen LogP contribution in [0.15, 0.2) is 0 Å². The van der Waals surface area contributed by atoms with Gasteiger partial charge >= 0.3 is 0 Å². The van der Waals surface area contributed by atoms with Crippen molar-refractivity contribution in [2.75, 3.05) is 19.6 Å². The van der Waals surface area contributed by atoms with Gasteiger partial charge < -0.3 is 16.0 Å². The van der Waals surface area contributed by atoms with Crippen LogP contribution in [0.2, 0.25) is 0 Å². The minimum Gasteiger partial charge on any atom is -0.370 e. The van der Waals surface area contributed by atoms with Gasteiger partial charge in [-0.05, 0) is 46.2 Å². The molecule has 3 N–H and O–H groups in total. The molecule has 100 valence electrons. The molecule has 0 aromatic carbocycles. The Bertz CT molecular complexity index is 255. The zero-order chi connectivity index (χ0) is 12.9. The summed E-state index contributed by atoms with van der Waals surface area (Å²) in [7, 11) is 0. The Kier molecular flexibility index (Phi) is 5.40. The van der Waals surface area contributed by atoms with Crippen molar-refractivity contribution in [1.82, 2.24) is 10.2 Å². The molecule has 1 amide bonds. The average molecular weight is 241 g/mol. The van der Waals surface area contributed by atoms with Gasteiger partial charge in [0.25, 0.3) is 0 Å². The van der Waals surface area contributed by atoms with Crippen molar-refractivity contribution < 1.29 is 4.79 Å². The fraction of sp³-hybridized carbons (Fsp3) is 0.923. The number of nitrogens with two attached hydrogens (primary N) is 1. The predicted molar refractivity (Wildman–Crippen MR) is 70.8 cm³/mol. The van der Waals surface area contributed by atoms with Gasteiger partial charge in [-0.15, -0.1) is 0 Å². The van der Waals surface area contributed by atoms with E-state index >= 15 is 0 Å². The molecule has 0 aliphatic carbocycles. The van der Waals surface area contributed by atoms with Crippen molar-refractivity contribution in [2.24, 2.45) is 5.73 Å². The van der Waals surface area contributed by atoms with Crippen LogP contribution >= 0.6 is 0 Å². The van der Waals surface area contributed by atoms with Gasteiger partial charge in [0.15, 0.2) is 0 Å². The molecule has 1 aliphatic heterocycles. The van der Waals surface area contributed by atoms with Gasteiger partial charge in [0.2, 0.25) is 5.91 Å². The maximum atomic E-state index is 11.2. The van der Waals surface area contributed by atoms with E-state index in [0.717, 1.165) is 38.9 Å². The summed E-state index contributed by atoms with van der Waals surface area (Å²) in [5.74, 6) is -0.191. The maximum Gasteiger partial charge on any atom is 0.219 e. The van der Waals surface area contributed by atoms with Gasteiger partial charge in [-0.3, -0.25) is 4.79 Å². The fourth-order valence-corrected chi connectivity index (χ4v) is 2.86. The van der Waals surface area contributed by atoms with E-state index in [9.17, 15) is 4.79 Å². The van der Waals surface area contributed by atoms with Crippen LogP contribution in [-0.2, 0) is 4.79 Å². The summed E-state index contributed by atoms with van der Waals surface area (Å²) in [5.41, 5.74) is 5.33. The summed E-state index contributed by atoms with van der Waals surface area (Å²) < 4.78 is 0. The molecule has 1 aliphatic rings. The van der Waals surface area contributed by atoms with E-state index in [1.165, 1.54) is 0 Å². The first-order chi connectivity index (χ1) is 7.99. The topological polar surface area (TPSA) is 58.4 Å². The Hall–Kier alpha value is -0.610. The van der Waals surface area contributed by atoms with Crippen LogP contribution in [0.4, 0.5) is 0 Å². The number of carbonyl (C=O) groups excluding carboxylic acids is 1. The van der Waals surface area contributed by atoms with Gasteiger partial charge in [0, 0.05) is 24.5 Å². The molecule has 0 spiro atoms. The third-order valence-corrected chi connectivity index (χ3v) is 3.77. The largest absolute Gasteiger partial charge is 0.370 e. The summed E-state index contributed by atoms with van der Waals surface area (Å²) in [5, 5.41) is 3.50. The average Bonchev–Trinajstić information content (AvgIpc) is 2.40. The van der Waals surface area contributed by atoms with Crippen LogP contribution in [0.25, 0.3) is 0 Å². The molecule has 1 fully saturated rings. The number of amides is 1. The summed E-state index contributed by atoms with van der Waals surface area (Å²) in [4.78, 5) is 13.7. The molecule has 0 saturated carbocycles. The predicted octanol–water partition coefficient (Wildman–Crippen LogP) is 1.10. The Morgan fingerprint density at radius 1 is 1.41 bits per heavy atom. The number of hydrogen-bond donors (Lipinski definition) is 2. The van der Waals surface area contributed by atoms with Gasteiger partial charge in [0.1, 0.15) is 0 Å². The molecule has 0 radical (unpaired) electrons. The molecule has 0 aromatic heterocycles. The van der Waals surface area contributed by atoms with Crippen molar-refractivity contribution in [1.29, 1.82) is 0 Å². The SMILES string of the molecule is CCNC1(CC(N)=O)CCCN(C(C)C)CC1. The molecule has 0 aromatic rings. The highest BCUT2D eigenvalue weighted by atomic mass is 16.1. The third kappa shape index (κ3) is 4.28. The maximum absolute atomic E-state index is 11.2. The van der Waals surface area contributed by atoms with Crippen molar-refractivity contribution >= 4 is 5.91 Å². The van der Waals surface area contributed by atoms with E-state index in [0.29, 0.717) is 12.5 Å². The van der Waals surface area contributed by atoms with Gasteiger partial charge in [-0.25, -0.2) is 0 Å². The molecule has 4 nitrogen and oxygen atoms in total. The zero-order valence-electron chi connectivity index (χ0n) is 11.5. The summed E-state index contributed by atoms with van der Waals surface area (Å²) >= 11 is 0. The molecule has 0 bridgehead atoms. The lowest BCUT2D eigenvalue weighted by Crippen LogP contribution is -2.48.